The second-order valence-electron chi connectivity index (χ2n) is 7.63. The molecule has 4 rings (SSSR count). The molecule has 6 nitrogen and oxygen atoms in total. The number of carbonyl (C=O) groups excluding carboxylic acids is 2. The Labute approximate surface area is 182 Å². The summed E-state index contributed by atoms with van der Waals surface area (Å²) >= 11 is 0. The summed E-state index contributed by atoms with van der Waals surface area (Å²) in [4.78, 5) is 26.1. The van der Waals surface area contributed by atoms with E-state index in [4.69, 9.17) is 4.74 Å². The van der Waals surface area contributed by atoms with Gasteiger partial charge in [0.1, 0.15) is 11.4 Å². The van der Waals surface area contributed by atoms with E-state index in [0.717, 1.165) is 12.1 Å². The summed E-state index contributed by atoms with van der Waals surface area (Å²) in [6, 6.07) is 11.1. The number of rotatable bonds is 4. The number of fused-ring (bicyclic) bond motifs is 1. The predicted molar refractivity (Wildman–Crippen MR) is 111 cm³/mol. The van der Waals surface area contributed by atoms with Crippen LogP contribution in [0.15, 0.2) is 54.7 Å². The lowest BCUT2D eigenvalue weighted by molar-refractivity contribution is -0.137. The smallest absolute Gasteiger partial charge is 0.416 e. The number of alkyl halides is 3. The van der Waals surface area contributed by atoms with Crippen molar-refractivity contribution in [1.82, 2.24) is 9.78 Å². The van der Waals surface area contributed by atoms with Crippen LogP contribution in [0.25, 0.3) is 0 Å². The molecule has 0 bridgehead atoms. The molecule has 1 N–H and O–H groups in total. The van der Waals surface area contributed by atoms with Gasteiger partial charge >= 0.3 is 6.18 Å². The highest BCUT2D eigenvalue weighted by Crippen LogP contribution is 2.39. The van der Waals surface area contributed by atoms with Crippen LogP contribution in [0.1, 0.15) is 57.3 Å². The molecule has 0 saturated carbocycles. The van der Waals surface area contributed by atoms with Crippen molar-refractivity contribution in [2.24, 2.45) is 0 Å². The van der Waals surface area contributed by atoms with Gasteiger partial charge in [-0.3, -0.25) is 14.3 Å². The number of Topliss-reactive ketones (excluding diaryl/α,β-unsaturated/α-hetero) is 1. The summed E-state index contributed by atoms with van der Waals surface area (Å²) in [6.07, 6.45) is -2.65. The van der Waals surface area contributed by atoms with Crippen LogP contribution in [0.4, 0.5) is 18.9 Å². The quantitative estimate of drug-likeness (QED) is 0.609. The molecule has 2 aromatic carbocycles. The maximum Gasteiger partial charge on any atom is 0.416 e. The third kappa shape index (κ3) is 3.86. The molecule has 1 unspecified atom stereocenters. The first-order chi connectivity index (χ1) is 15.2. The number of hydrogen-bond acceptors (Lipinski definition) is 4. The highest BCUT2D eigenvalue weighted by atomic mass is 19.4. The first-order valence-corrected chi connectivity index (χ1v) is 9.94. The van der Waals surface area contributed by atoms with Gasteiger partial charge in [-0.05, 0) is 43.2 Å². The van der Waals surface area contributed by atoms with Crippen molar-refractivity contribution in [2.45, 2.75) is 31.5 Å². The molecule has 166 valence electrons. The average molecular weight is 443 g/mol. The van der Waals surface area contributed by atoms with E-state index in [9.17, 15) is 22.8 Å². The van der Waals surface area contributed by atoms with E-state index in [1.165, 1.54) is 25.4 Å². The van der Waals surface area contributed by atoms with Gasteiger partial charge in [0.05, 0.1) is 42.1 Å². The molecule has 0 fully saturated rings. The van der Waals surface area contributed by atoms with E-state index < -0.39 is 23.6 Å². The van der Waals surface area contributed by atoms with Crippen molar-refractivity contribution in [1.29, 1.82) is 0 Å². The fourth-order valence-corrected chi connectivity index (χ4v) is 3.96. The first kappa shape index (κ1) is 21.6. The summed E-state index contributed by atoms with van der Waals surface area (Å²) in [7, 11) is 1.45. The van der Waals surface area contributed by atoms with Crippen molar-refractivity contribution in [2.75, 3.05) is 12.4 Å². The number of para-hydroxylation sites is 1. The van der Waals surface area contributed by atoms with Gasteiger partial charge in [-0.15, -0.1) is 0 Å². The fraction of sp³-hybridized carbons (Fsp3) is 0.261. The number of carbonyl (C=O) groups is 2. The molecule has 0 saturated heterocycles. The number of ketones is 1. The topological polar surface area (TPSA) is 73.2 Å². The summed E-state index contributed by atoms with van der Waals surface area (Å²) in [6.45, 7) is 1.87. The van der Waals surface area contributed by atoms with Crippen LogP contribution < -0.4 is 10.1 Å². The molecule has 0 aliphatic carbocycles. The lowest BCUT2D eigenvalue weighted by atomic mass is 9.84. The van der Waals surface area contributed by atoms with E-state index in [0.29, 0.717) is 23.3 Å². The van der Waals surface area contributed by atoms with Crippen LogP contribution in [0.2, 0.25) is 0 Å². The van der Waals surface area contributed by atoms with Crippen molar-refractivity contribution in [3.05, 3.63) is 77.1 Å². The summed E-state index contributed by atoms with van der Waals surface area (Å²) < 4.78 is 45.4. The zero-order valence-corrected chi connectivity index (χ0v) is 17.3. The van der Waals surface area contributed by atoms with Gasteiger partial charge in [-0.2, -0.15) is 18.3 Å². The molecule has 3 aromatic rings. The van der Waals surface area contributed by atoms with Gasteiger partial charge in [0.15, 0.2) is 5.78 Å². The van der Waals surface area contributed by atoms with Gasteiger partial charge in [0.2, 0.25) is 0 Å². The van der Waals surface area contributed by atoms with Gasteiger partial charge in [0.25, 0.3) is 5.91 Å². The molecule has 9 heteroatoms. The molecule has 1 aromatic heterocycles. The fourth-order valence-electron chi connectivity index (χ4n) is 3.96. The number of aromatic nitrogens is 2. The number of amides is 1. The molecule has 0 radical (unpaired) electrons. The normalized spacial score (nSPS) is 18.2. The standard InChI is InChI=1S/C23H20F3N3O3/c1-13-11-17(14-7-9-15(10-8-14)23(24,25)26)21(30)20-18(12-27-29(13)20)28-22(31)16-5-3-4-6-19(16)32-2/h3-10,12-13,17H,11H2,1-2H3,(H,28,31)/t13-,17?/m0/s1. The number of methoxy groups -OCH3 is 1. The van der Waals surface area contributed by atoms with Crippen LogP contribution >= 0.6 is 0 Å². The zero-order valence-electron chi connectivity index (χ0n) is 17.3. The van der Waals surface area contributed by atoms with E-state index in [1.54, 1.807) is 28.9 Å². The minimum Gasteiger partial charge on any atom is -0.496 e. The number of nitrogens with one attached hydrogen (secondary N) is 1. The number of halogens is 3. The van der Waals surface area contributed by atoms with Gasteiger partial charge in [0, 0.05) is 0 Å². The van der Waals surface area contributed by atoms with Crippen molar-refractivity contribution in [3.8, 4) is 5.75 Å². The number of anilines is 1. The van der Waals surface area contributed by atoms with E-state index in [1.807, 2.05) is 6.92 Å². The Morgan fingerprint density at radius 3 is 2.50 bits per heavy atom. The predicted octanol–water partition coefficient (Wildman–Crippen LogP) is 5.09. The molecule has 2 atom stereocenters. The molecule has 32 heavy (non-hydrogen) atoms. The van der Waals surface area contributed by atoms with Crippen LogP contribution in [-0.4, -0.2) is 28.6 Å². The first-order valence-electron chi connectivity index (χ1n) is 9.94. The summed E-state index contributed by atoms with van der Waals surface area (Å²) in [5.41, 5.74) is 0.480. The maximum atomic E-state index is 13.3. The minimum absolute atomic E-state index is 0.188. The number of hydrogen-bond donors (Lipinski definition) is 1. The monoisotopic (exact) mass is 443 g/mol. The molecular formula is C23H20F3N3O3. The maximum absolute atomic E-state index is 13.3. The Kier molecular flexibility index (Phi) is 5.50. The van der Waals surface area contributed by atoms with Gasteiger partial charge in [-0.25, -0.2) is 0 Å². The Balaban J connectivity index is 1.64. The highest BCUT2D eigenvalue weighted by Gasteiger charge is 2.37. The van der Waals surface area contributed by atoms with E-state index in [2.05, 4.69) is 10.4 Å². The molecule has 1 amide bonds. The minimum atomic E-state index is -4.45. The van der Waals surface area contributed by atoms with Gasteiger partial charge in [-0.1, -0.05) is 24.3 Å². The molecular weight excluding hydrogens is 423 g/mol. The Hall–Kier alpha value is -3.62. The van der Waals surface area contributed by atoms with E-state index in [-0.39, 0.29) is 23.2 Å². The second-order valence-corrected chi connectivity index (χ2v) is 7.63. The lowest BCUT2D eigenvalue weighted by Gasteiger charge is -2.28. The van der Waals surface area contributed by atoms with Crippen LogP contribution in [0, 0.1) is 0 Å². The summed E-state index contributed by atoms with van der Waals surface area (Å²) in [5, 5.41) is 6.97. The highest BCUT2D eigenvalue weighted by molar-refractivity contribution is 6.11. The number of nitrogens with zero attached hydrogens (tertiary/aromatic N) is 2. The Morgan fingerprint density at radius 2 is 1.84 bits per heavy atom. The SMILES string of the molecule is COc1ccccc1C(=O)Nc1cnn2c1C(=O)C(c1ccc(C(F)(F)F)cc1)C[C@@H]2C. The summed E-state index contributed by atoms with van der Waals surface area (Å²) in [5.74, 6) is -1.03. The molecule has 0 spiro atoms. The molecule has 1 aliphatic heterocycles. The average Bonchev–Trinajstić information content (AvgIpc) is 3.20. The second kappa shape index (κ2) is 8.14. The van der Waals surface area contributed by atoms with Gasteiger partial charge < -0.3 is 10.1 Å². The zero-order chi connectivity index (χ0) is 23.0. The van der Waals surface area contributed by atoms with E-state index >= 15 is 0 Å². The van der Waals surface area contributed by atoms with Crippen LogP contribution in [-0.2, 0) is 6.18 Å². The Morgan fingerprint density at radius 1 is 1.16 bits per heavy atom. The third-order valence-corrected chi connectivity index (χ3v) is 5.58. The third-order valence-electron chi connectivity index (χ3n) is 5.58. The lowest BCUT2D eigenvalue weighted by Crippen LogP contribution is -2.29. The van der Waals surface area contributed by atoms with Crippen LogP contribution in [0.3, 0.4) is 0 Å². The number of benzene rings is 2. The van der Waals surface area contributed by atoms with Crippen molar-refractivity contribution >= 4 is 17.4 Å². The number of ether oxygens (including phenoxy) is 1. The largest absolute Gasteiger partial charge is 0.496 e. The van der Waals surface area contributed by atoms with Crippen molar-refractivity contribution in [3.63, 3.8) is 0 Å². The van der Waals surface area contributed by atoms with Crippen LogP contribution in [0.5, 0.6) is 5.75 Å². The molecule has 1 aliphatic rings. The van der Waals surface area contributed by atoms with Crippen molar-refractivity contribution < 1.29 is 27.5 Å². The molecule has 2 heterocycles. The Bertz CT molecular complexity index is 1170.